The van der Waals surface area contributed by atoms with Crippen molar-refractivity contribution in [2.45, 2.75) is 20.8 Å². The van der Waals surface area contributed by atoms with Crippen molar-refractivity contribution in [3.8, 4) is 0 Å². The number of rotatable bonds is 8. The summed E-state index contributed by atoms with van der Waals surface area (Å²) in [6.07, 6.45) is 0. The molecule has 0 spiro atoms. The molecule has 0 aliphatic carbocycles. The van der Waals surface area contributed by atoms with Gasteiger partial charge in [-0.05, 0) is 20.5 Å². The number of likely N-dealkylation sites (N-methyl/N-ethyl adjacent to an activating group) is 1. The van der Waals surface area contributed by atoms with Crippen LogP contribution in [0, 0.1) is 5.92 Å². The van der Waals surface area contributed by atoms with Crippen LogP contribution >= 0.6 is 0 Å². The highest BCUT2D eigenvalue weighted by molar-refractivity contribution is 5.72. The molecule has 0 bridgehead atoms. The van der Waals surface area contributed by atoms with Gasteiger partial charge in [-0.25, -0.2) is 0 Å². The number of ether oxygens (including phenoxy) is 1. The molecule has 15 heavy (non-hydrogen) atoms. The quantitative estimate of drug-likeness (QED) is 0.480. The number of hydrogen-bond donors (Lipinski definition) is 1. The van der Waals surface area contributed by atoms with Crippen LogP contribution in [0.15, 0.2) is 0 Å². The van der Waals surface area contributed by atoms with Gasteiger partial charge < -0.3 is 15.0 Å². The van der Waals surface area contributed by atoms with Gasteiger partial charge in [0, 0.05) is 19.6 Å². The van der Waals surface area contributed by atoms with Gasteiger partial charge in [0.25, 0.3) is 0 Å². The van der Waals surface area contributed by atoms with E-state index < -0.39 is 0 Å². The van der Waals surface area contributed by atoms with Gasteiger partial charge in [-0.1, -0.05) is 13.8 Å². The van der Waals surface area contributed by atoms with E-state index in [1.54, 1.807) is 0 Å². The fourth-order valence-electron chi connectivity index (χ4n) is 1.11. The first-order chi connectivity index (χ1) is 7.11. The molecular weight excluding hydrogens is 192 g/mol. The average molecular weight is 216 g/mol. The van der Waals surface area contributed by atoms with Gasteiger partial charge >= 0.3 is 5.97 Å². The summed E-state index contributed by atoms with van der Waals surface area (Å²) < 4.78 is 4.91. The molecule has 0 saturated heterocycles. The SMILES string of the molecule is CCOC(=O)C(C)CNCCN(C)CC. The smallest absolute Gasteiger partial charge is 0.309 e. The van der Waals surface area contributed by atoms with Gasteiger partial charge in [0.1, 0.15) is 0 Å². The minimum atomic E-state index is -0.117. The summed E-state index contributed by atoms with van der Waals surface area (Å²) >= 11 is 0. The Morgan fingerprint density at radius 1 is 1.47 bits per heavy atom. The topological polar surface area (TPSA) is 41.6 Å². The zero-order valence-corrected chi connectivity index (χ0v) is 10.4. The summed E-state index contributed by atoms with van der Waals surface area (Å²) in [5.41, 5.74) is 0. The molecule has 1 unspecified atom stereocenters. The highest BCUT2D eigenvalue weighted by atomic mass is 16.5. The lowest BCUT2D eigenvalue weighted by molar-refractivity contribution is -0.147. The third-order valence-corrected chi connectivity index (χ3v) is 2.35. The van der Waals surface area contributed by atoms with Crippen molar-refractivity contribution in [3.05, 3.63) is 0 Å². The second-order valence-electron chi connectivity index (χ2n) is 3.75. The minimum Gasteiger partial charge on any atom is -0.466 e. The van der Waals surface area contributed by atoms with Gasteiger partial charge in [-0.15, -0.1) is 0 Å². The Morgan fingerprint density at radius 3 is 2.67 bits per heavy atom. The predicted molar refractivity (Wildman–Crippen MR) is 61.8 cm³/mol. The van der Waals surface area contributed by atoms with Gasteiger partial charge in [0.15, 0.2) is 0 Å². The molecule has 1 atom stereocenters. The molecule has 4 nitrogen and oxygen atoms in total. The fraction of sp³-hybridized carbons (Fsp3) is 0.909. The lowest BCUT2D eigenvalue weighted by Gasteiger charge is -2.15. The van der Waals surface area contributed by atoms with Crippen LogP contribution in [-0.2, 0) is 9.53 Å². The first-order valence-corrected chi connectivity index (χ1v) is 5.67. The molecule has 0 saturated carbocycles. The van der Waals surface area contributed by atoms with Crippen LogP contribution in [0.3, 0.4) is 0 Å². The van der Waals surface area contributed by atoms with Gasteiger partial charge in [-0.2, -0.15) is 0 Å². The molecule has 0 fully saturated rings. The zero-order chi connectivity index (χ0) is 11.7. The molecule has 0 aliphatic rings. The van der Waals surface area contributed by atoms with Gasteiger partial charge in [-0.3, -0.25) is 4.79 Å². The first kappa shape index (κ1) is 14.4. The molecule has 0 rings (SSSR count). The molecular formula is C11H24N2O2. The van der Waals surface area contributed by atoms with Crippen molar-refractivity contribution < 1.29 is 9.53 Å². The molecule has 0 radical (unpaired) electrons. The standard InChI is InChI=1S/C11H24N2O2/c1-5-13(4)8-7-12-9-10(3)11(14)15-6-2/h10,12H,5-9H2,1-4H3. The van der Waals surface area contributed by atoms with Crippen LogP contribution in [0.25, 0.3) is 0 Å². The molecule has 90 valence electrons. The van der Waals surface area contributed by atoms with E-state index in [0.717, 1.165) is 19.6 Å². The van der Waals surface area contributed by atoms with Crippen molar-refractivity contribution >= 4 is 5.97 Å². The third kappa shape index (κ3) is 7.33. The largest absolute Gasteiger partial charge is 0.466 e. The number of carbonyl (C=O) groups is 1. The second-order valence-corrected chi connectivity index (χ2v) is 3.75. The summed E-state index contributed by atoms with van der Waals surface area (Å²) in [5, 5.41) is 3.25. The van der Waals surface area contributed by atoms with Crippen molar-refractivity contribution in [2.75, 3.05) is 39.8 Å². The van der Waals surface area contributed by atoms with E-state index in [9.17, 15) is 4.79 Å². The highest BCUT2D eigenvalue weighted by Crippen LogP contribution is 1.96. The maximum Gasteiger partial charge on any atom is 0.309 e. The van der Waals surface area contributed by atoms with Crippen LogP contribution < -0.4 is 5.32 Å². The van der Waals surface area contributed by atoms with E-state index >= 15 is 0 Å². The van der Waals surface area contributed by atoms with E-state index in [1.165, 1.54) is 0 Å². The number of nitrogens with one attached hydrogen (secondary N) is 1. The lowest BCUT2D eigenvalue weighted by atomic mass is 10.2. The van der Waals surface area contributed by atoms with Gasteiger partial charge in [0.2, 0.25) is 0 Å². The molecule has 1 N–H and O–H groups in total. The average Bonchev–Trinajstić information content (AvgIpc) is 2.23. The van der Waals surface area contributed by atoms with Crippen molar-refractivity contribution in [1.82, 2.24) is 10.2 Å². The number of hydrogen-bond acceptors (Lipinski definition) is 4. The Balaban J connectivity index is 3.46. The van der Waals surface area contributed by atoms with Crippen molar-refractivity contribution in [3.63, 3.8) is 0 Å². The van der Waals surface area contributed by atoms with Crippen LogP contribution in [0.4, 0.5) is 0 Å². The Morgan fingerprint density at radius 2 is 2.13 bits per heavy atom. The Hall–Kier alpha value is -0.610. The molecule has 0 aromatic heterocycles. The molecule has 0 aromatic carbocycles. The van der Waals surface area contributed by atoms with Crippen LogP contribution in [-0.4, -0.2) is 50.7 Å². The Kier molecular flexibility index (Phi) is 8.33. The molecule has 0 heterocycles. The van der Waals surface area contributed by atoms with Crippen LogP contribution in [0.2, 0.25) is 0 Å². The van der Waals surface area contributed by atoms with E-state index in [1.807, 2.05) is 13.8 Å². The number of nitrogens with zero attached hydrogens (tertiary/aromatic N) is 1. The summed E-state index contributed by atoms with van der Waals surface area (Å²) in [4.78, 5) is 13.5. The second kappa shape index (κ2) is 8.68. The Bertz CT molecular complexity index is 174. The maximum atomic E-state index is 11.3. The number of carbonyl (C=O) groups excluding carboxylic acids is 1. The Labute approximate surface area is 93.0 Å². The highest BCUT2D eigenvalue weighted by Gasteiger charge is 2.12. The van der Waals surface area contributed by atoms with E-state index in [-0.39, 0.29) is 11.9 Å². The van der Waals surface area contributed by atoms with E-state index in [0.29, 0.717) is 13.2 Å². The van der Waals surface area contributed by atoms with Crippen molar-refractivity contribution in [2.24, 2.45) is 5.92 Å². The minimum absolute atomic E-state index is 0.0584. The summed E-state index contributed by atoms with van der Waals surface area (Å²) in [5.74, 6) is -0.175. The first-order valence-electron chi connectivity index (χ1n) is 5.67. The molecule has 0 aliphatic heterocycles. The maximum absolute atomic E-state index is 11.3. The normalized spacial score (nSPS) is 12.9. The van der Waals surface area contributed by atoms with Crippen molar-refractivity contribution in [1.29, 1.82) is 0 Å². The summed E-state index contributed by atoms with van der Waals surface area (Å²) in [6, 6.07) is 0. The third-order valence-electron chi connectivity index (χ3n) is 2.35. The predicted octanol–water partition coefficient (Wildman–Crippen LogP) is 0.727. The summed E-state index contributed by atoms with van der Waals surface area (Å²) in [7, 11) is 2.08. The van der Waals surface area contributed by atoms with Gasteiger partial charge in [0.05, 0.1) is 12.5 Å². The van der Waals surface area contributed by atoms with Crippen LogP contribution in [0.1, 0.15) is 20.8 Å². The monoisotopic (exact) mass is 216 g/mol. The zero-order valence-electron chi connectivity index (χ0n) is 10.4. The summed E-state index contributed by atoms with van der Waals surface area (Å²) in [6.45, 7) is 9.96. The number of esters is 1. The molecule has 4 heteroatoms. The lowest BCUT2D eigenvalue weighted by Crippen LogP contribution is -2.33. The molecule has 0 amide bonds. The molecule has 0 aromatic rings. The van der Waals surface area contributed by atoms with E-state index in [2.05, 4.69) is 24.2 Å². The van der Waals surface area contributed by atoms with E-state index in [4.69, 9.17) is 4.74 Å². The fourth-order valence-corrected chi connectivity index (χ4v) is 1.11. The van der Waals surface area contributed by atoms with Crippen LogP contribution in [0.5, 0.6) is 0 Å².